The zero-order valence-electron chi connectivity index (χ0n) is 19.6. The molecule has 2 saturated heterocycles. The van der Waals surface area contributed by atoms with Crippen molar-refractivity contribution in [3.63, 3.8) is 0 Å². The van der Waals surface area contributed by atoms with E-state index in [0.717, 1.165) is 38.4 Å². The number of pyridine rings is 1. The maximum atomic E-state index is 14.8. The Balaban J connectivity index is 1.36. The molecule has 2 fully saturated rings. The molecule has 4 aromatic rings. The largest absolute Gasteiger partial charge is 0.507 e. The summed E-state index contributed by atoms with van der Waals surface area (Å²) in [6.45, 7) is 2.42. The lowest BCUT2D eigenvalue weighted by Gasteiger charge is -2.38. The molecule has 184 valence electrons. The second kappa shape index (κ2) is 8.50. The van der Waals surface area contributed by atoms with Gasteiger partial charge in [-0.3, -0.25) is 4.57 Å². The predicted octanol–water partition coefficient (Wildman–Crippen LogP) is 4.77. The number of anilines is 1. The van der Waals surface area contributed by atoms with Gasteiger partial charge in [0.05, 0.1) is 22.9 Å². The van der Waals surface area contributed by atoms with Crippen molar-refractivity contribution in [3.05, 3.63) is 82.4 Å². The van der Waals surface area contributed by atoms with Gasteiger partial charge in [0.2, 0.25) is 0 Å². The normalized spacial score (nSPS) is 19.1. The average molecular weight is 507 g/mol. The van der Waals surface area contributed by atoms with Gasteiger partial charge in [0.25, 0.3) is 0 Å². The summed E-state index contributed by atoms with van der Waals surface area (Å²) in [7, 11) is 1.65. The van der Waals surface area contributed by atoms with Crippen molar-refractivity contribution < 1.29 is 14.2 Å². The van der Waals surface area contributed by atoms with Gasteiger partial charge in [0, 0.05) is 56.3 Å². The van der Waals surface area contributed by atoms with Crippen molar-refractivity contribution >= 4 is 17.4 Å². The van der Waals surface area contributed by atoms with E-state index in [2.05, 4.69) is 9.88 Å². The quantitative estimate of drug-likeness (QED) is 0.431. The Morgan fingerprint density at radius 3 is 2.44 bits per heavy atom. The highest BCUT2D eigenvalue weighted by molar-refractivity contribution is 6.32. The number of aryl methyl sites for hydroxylation is 1. The summed E-state index contributed by atoms with van der Waals surface area (Å²) in [5, 5.41) is 11.5. The van der Waals surface area contributed by atoms with Crippen molar-refractivity contribution in [3.8, 4) is 33.7 Å². The van der Waals surface area contributed by atoms with E-state index in [1.165, 1.54) is 21.3 Å². The fourth-order valence-corrected chi connectivity index (χ4v) is 5.34. The number of benzene rings is 2. The highest BCUT2D eigenvalue weighted by Crippen LogP contribution is 2.42. The molecule has 0 aliphatic carbocycles. The maximum absolute atomic E-state index is 14.8. The van der Waals surface area contributed by atoms with Crippen LogP contribution in [0.3, 0.4) is 0 Å². The molecule has 1 atom stereocenters. The number of phenolic OH excluding ortho intramolecular Hbond substituents is 1. The second-order valence-corrected chi connectivity index (χ2v) is 9.84. The van der Waals surface area contributed by atoms with Crippen molar-refractivity contribution in [2.75, 3.05) is 24.6 Å². The number of hydrogen-bond acceptors (Lipinski definition) is 5. The van der Waals surface area contributed by atoms with Crippen LogP contribution in [0, 0.1) is 5.82 Å². The second-order valence-electron chi connectivity index (χ2n) is 9.43. The summed E-state index contributed by atoms with van der Waals surface area (Å²) < 4.78 is 23.5. The van der Waals surface area contributed by atoms with Gasteiger partial charge in [-0.1, -0.05) is 17.7 Å². The monoisotopic (exact) mass is 506 g/mol. The third kappa shape index (κ3) is 3.77. The van der Waals surface area contributed by atoms with E-state index < -0.39 is 5.82 Å². The molecule has 4 heterocycles. The first-order valence-corrected chi connectivity index (χ1v) is 12.1. The minimum Gasteiger partial charge on any atom is -0.507 e. The Hall–Kier alpha value is -3.62. The highest BCUT2D eigenvalue weighted by Gasteiger charge is 2.44. The van der Waals surface area contributed by atoms with Crippen LogP contribution in [0.5, 0.6) is 5.75 Å². The smallest absolute Gasteiger partial charge is 0.332 e. The maximum Gasteiger partial charge on any atom is 0.332 e. The standard InChI is InChI=1S/C27H24ClFN4O3/c1-31-9-10-33(26(31)35)23-3-2-17(12-22(23)28)20-14-19(29)15-21(25(20)34)18-4-7-30-24(13-18)32-8-5-27(16-32)6-11-36-27/h2-4,7,9-10,12-15,34H,5-6,8,11,16H2,1H3. The average Bonchev–Trinajstić information content (AvgIpc) is 3.45. The molecule has 0 saturated carbocycles. The number of halogens is 2. The van der Waals surface area contributed by atoms with Crippen LogP contribution in [-0.2, 0) is 11.8 Å². The van der Waals surface area contributed by atoms with Crippen LogP contribution in [0.15, 0.2) is 65.8 Å². The molecule has 36 heavy (non-hydrogen) atoms. The van der Waals surface area contributed by atoms with Gasteiger partial charge in [-0.15, -0.1) is 0 Å². The number of ether oxygens (including phenoxy) is 1. The molecule has 1 spiro atoms. The van der Waals surface area contributed by atoms with Gasteiger partial charge in [-0.25, -0.2) is 14.2 Å². The number of nitrogens with zero attached hydrogens (tertiary/aromatic N) is 4. The van der Waals surface area contributed by atoms with Crippen LogP contribution < -0.4 is 10.6 Å². The van der Waals surface area contributed by atoms with E-state index >= 15 is 0 Å². The molecular weight excluding hydrogens is 483 g/mol. The van der Waals surface area contributed by atoms with Crippen LogP contribution >= 0.6 is 11.6 Å². The molecule has 2 aliphatic heterocycles. The fourth-order valence-electron chi connectivity index (χ4n) is 5.07. The van der Waals surface area contributed by atoms with Crippen molar-refractivity contribution in [2.45, 2.75) is 18.4 Å². The first-order chi connectivity index (χ1) is 17.3. The highest BCUT2D eigenvalue weighted by atomic mass is 35.5. The third-order valence-electron chi connectivity index (χ3n) is 7.20. The first kappa shape index (κ1) is 22.8. The molecule has 2 aliphatic rings. The van der Waals surface area contributed by atoms with Crippen molar-refractivity contribution in [2.24, 2.45) is 7.05 Å². The molecule has 9 heteroatoms. The predicted molar refractivity (Wildman–Crippen MR) is 136 cm³/mol. The molecule has 6 rings (SSSR count). The third-order valence-corrected chi connectivity index (χ3v) is 7.51. The van der Waals surface area contributed by atoms with Crippen LogP contribution in [-0.4, -0.2) is 44.5 Å². The zero-order chi connectivity index (χ0) is 25.0. The van der Waals surface area contributed by atoms with E-state index in [-0.39, 0.29) is 17.0 Å². The van der Waals surface area contributed by atoms with Gasteiger partial charge in [-0.05, 0) is 53.9 Å². The van der Waals surface area contributed by atoms with E-state index in [1.54, 1.807) is 49.9 Å². The molecule has 2 aromatic heterocycles. The van der Waals surface area contributed by atoms with Gasteiger partial charge in [0.1, 0.15) is 17.4 Å². The summed E-state index contributed by atoms with van der Waals surface area (Å²) in [6.07, 6.45) is 6.95. The van der Waals surface area contributed by atoms with Crippen LogP contribution in [0.4, 0.5) is 10.2 Å². The Morgan fingerprint density at radius 1 is 1.08 bits per heavy atom. The summed E-state index contributed by atoms with van der Waals surface area (Å²) in [5.74, 6) is 0.221. The minimum absolute atomic E-state index is 0.0607. The van der Waals surface area contributed by atoms with E-state index in [9.17, 15) is 14.3 Å². The minimum atomic E-state index is -0.487. The summed E-state index contributed by atoms with van der Waals surface area (Å²) in [4.78, 5) is 19.0. The summed E-state index contributed by atoms with van der Waals surface area (Å²) >= 11 is 6.51. The van der Waals surface area contributed by atoms with E-state index in [0.29, 0.717) is 33.0 Å². The number of hydrogen-bond donors (Lipinski definition) is 1. The Labute approximate surface area is 212 Å². The number of rotatable bonds is 4. The summed E-state index contributed by atoms with van der Waals surface area (Å²) in [6, 6.07) is 11.2. The number of aromatic hydroxyl groups is 1. The fraction of sp³-hybridized carbons (Fsp3) is 0.259. The lowest BCUT2D eigenvalue weighted by Crippen LogP contribution is -2.46. The molecule has 1 unspecified atom stereocenters. The molecule has 7 nitrogen and oxygen atoms in total. The van der Waals surface area contributed by atoms with Crippen molar-refractivity contribution in [1.82, 2.24) is 14.1 Å². The first-order valence-electron chi connectivity index (χ1n) is 11.8. The number of phenols is 1. The topological polar surface area (TPSA) is 72.5 Å². The molecule has 2 aromatic carbocycles. The SMILES string of the molecule is Cn1ccn(-c2ccc(-c3cc(F)cc(-c4ccnc(N5CCC6(CCO6)C5)c4)c3O)cc2Cl)c1=O. The molecule has 0 radical (unpaired) electrons. The number of imidazole rings is 1. The van der Waals surface area contributed by atoms with Crippen LogP contribution in [0.1, 0.15) is 12.8 Å². The summed E-state index contributed by atoms with van der Waals surface area (Å²) in [5.41, 5.74) is 2.06. The zero-order valence-corrected chi connectivity index (χ0v) is 20.4. The number of aromatic nitrogens is 3. The van der Waals surface area contributed by atoms with E-state index in [1.807, 2.05) is 6.07 Å². The van der Waals surface area contributed by atoms with Gasteiger partial charge in [0.15, 0.2) is 0 Å². The molecule has 0 amide bonds. The Bertz CT molecular complexity index is 1540. The van der Waals surface area contributed by atoms with Crippen LogP contribution in [0.25, 0.3) is 27.9 Å². The van der Waals surface area contributed by atoms with Gasteiger partial charge < -0.3 is 19.3 Å². The lowest BCUT2D eigenvalue weighted by molar-refractivity contribution is -0.130. The van der Waals surface area contributed by atoms with Gasteiger partial charge >= 0.3 is 5.69 Å². The van der Waals surface area contributed by atoms with E-state index in [4.69, 9.17) is 16.3 Å². The van der Waals surface area contributed by atoms with Crippen molar-refractivity contribution in [1.29, 1.82) is 0 Å². The lowest BCUT2D eigenvalue weighted by atomic mass is 9.94. The van der Waals surface area contributed by atoms with Gasteiger partial charge in [-0.2, -0.15) is 0 Å². The molecule has 0 bridgehead atoms. The Kier molecular flexibility index (Phi) is 5.39. The molecular formula is C27H24ClFN4O3. The molecule has 1 N–H and O–H groups in total. The van der Waals surface area contributed by atoms with Crippen LogP contribution in [0.2, 0.25) is 5.02 Å². The Morgan fingerprint density at radius 2 is 1.83 bits per heavy atom.